The van der Waals surface area contributed by atoms with E-state index in [9.17, 15) is 9.90 Å². The van der Waals surface area contributed by atoms with Crippen molar-refractivity contribution >= 4 is 5.97 Å². The Morgan fingerprint density at radius 2 is 1.67 bits per heavy atom. The molecule has 0 spiro atoms. The molecule has 0 heterocycles. The van der Waals surface area contributed by atoms with Gasteiger partial charge in [-0.1, -0.05) is 37.6 Å². The Balaban J connectivity index is 2.00. The SMILES string of the molecule is CCCCC(COC=C(C)C(=O)O)Oc1ccc(-c2ccc(O)cc2)cc1. The zero-order valence-corrected chi connectivity index (χ0v) is 15.7. The molecule has 0 amide bonds. The van der Waals surface area contributed by atoms with Gasteiger partial charge in [0.15, 0.2) is 0 Å². The van der Waals surface area contributed by atoms with E-state index >= 15 is 0 Å². The first-order valence-corrected chi connectivity index (χ1v) is 9.07. The van der Waals surface area contributed by atoms with E-state index in [2.05, 4.69) is 6.92 Å². The van der Waals surface area contributed by atoms with Gasteiger partial charge in [-0.05, 0) is 55.2 Å². The molecular weight excluding hydrogens is 344 g/mol. The monoisotopic (exact) mass is 370 g/mol. The zero-order valence-electron chi connectivity index (χ0n) is 15.7. The summed E-state index contributed by atoms with van der Waals surface area (Å²) < 4.78 is 11.4. The molecule has 5 nitrogen and oxygen atoms in total. The average molecular weight is 370 g/mol. The fourth-order valence-electron chi connectivity index (χ4n) is 2.51. The summed E-state index contributed by atoms with van der Waals surface area (Å²) in [5, 5.41) is 18.3. The van der Waals surface area contributed by atoms with Crippen LogP contribution in [0.25, 0.3) is 11.1 Å². The summed E-state index contributed by atoms with van der Waals surface area (Å²) >= 11 is 0. The summed E-state index contributed by atoms with van der Waals surface area (Å²) in [6, 6.07) is 14.8. The highest BCUT2D eigenvalue weighted by atomic mass is 16.5. The van der Waals surface area contributed by atoms with Gasteiger partial charge in [0.1, 0.15) is 24.2 Å². The van der Waals surface area contributed by atoms with Crippen molar-refractivity contribution in [1.29, 1.82) is 0 Å². The number of carboxylic acid groups (broad SMARTS) is 1. The van der Waals surface area contributed by atoms with Crippen LogP contribution in [0.1, 0.15) is 33.1 Å². The van der Waals surface area contributed by atoms with Crippen LogP contribution in [0.2, 0.25) is 0 Å². The van der Waals surface area contributed by atoms with Gasteiger partial charge in [-0.3, -0.25) is 0 Å². The van der Waals surface area contributed by atoms with Gasteiger partial charge < -0.3 is 19.7 Å². The summed E-state index contributed by atoms with van der Waals surface area (Å²) in [5.74, 6) is -0.0170. The van der Waals surface area contributed by atoms with Crippen molar-refractivity contribution < 1.29 is 24.5 Å². The second-order valence-corrected chi connectivity index (χ2v) is 6.39. The number of hydrogen-bond donors (Lipinski definition) is 2. The Labute approximate surface area is 159 Å². The first-order valence-electron chi connectivity index (χ1n) is 9.07. The maximum absolute atomic E-state index is 10.8. The number of aliphatic carboxylic acids is 1. The molecule has 27 heavy (non-hydrogen) atoms. The van der Waals surface area contributed by atoms with E-state index in [1.54, 1.807) is 12.1 Å². The molecular formula is C22H26O5. The van der Waals surface area contributed by atoms with Crippen molar-refractivity contribution in [2.24, 2.45) is 0 Å². The van der Waals surface area contributed by atoms with Gasteiger partial charge in [0.25, 0.3) is 0 Å². The molecule has 0 aliphatic carbocycles. The smallest absolute Gasteiger partial charge is 0.334 e. The fourth-order valence-corrected chi connectivity index (χ4v) is 2.51. The van der Waals surface area contributed by atoms with Gasteiger partial charge in [-0.15, -0.1) is 0 Å². The molecule has 0 saturated carbocycles. The quantitative estimate of drug-likeness (QED) is 0.454. The van der Waals surface area contributed by atoms with Crippen LogP contribution >= 0.6 is 0 Å². The lowest BCUT2D eigenvalue weighted by atomic mass is 10.1. The predicted molar refractivity (Wildman–Crippen MR) is 105 cm³/mol. The van der Waals surface area contributed by atoms with Crippen LogP contribution in [0.3, 0.4) is 0 Å². The number of carbonyl (C=O) groups is 1. The summed E-state index contributed by atoms with van der Waals surface area (Å²) in [5.41, 5.74) is 2.20. The third-order valence-electron chi connectivity index (χ3n) is 4.12. The van der Waals surface area contributed by atoms with Crippen LogP contribution in [0.5, 0.6) is 11.5 Å². The van der Waals surface area contributed by atoms with Gasteiger partial charge >= 0.3 is 5.97 Å². The molecule has 5 heteroatoms. The van der Waals surface area contributed by atoms with Crippen molar-refractivity contribution in [2.75, 3.05) is 6.61 Å². The molecule has 2 rings (SSSR count). The maximum Gasteiger partial charge on any atom is 0.334 e. The molecule has 0 bridgehead atoms. The number of unbranched alkanes of at least 4 members (excludes halogenated alkanes) is 1. The van der Waals surface area contributed by atoms with Crippen molar-refractivity contribution in [3.63, 3.8) is 0 Å². The first-order chi connectivity index (χ1) is 13.0. The lowest BCUT2D eigenvalue weighted by Crippen LogP contribution is -2.22. The van der Waals surface area contributed by atoms with Gasteiger partial charge in [0.2, 0.25) is 0 Å². The molecule has 0 aliphatic heterocycles. The van der Waals surface area contributed by atoms with E-state index < -0.39 is 5.97 Å². The minimum absolute atomic E-state index is 0.151. The van der Waals surface area contributed by atoms with Gasteiger partial charge in [-0.2, -0.15) is 0 Å². The van der Waals surface area contributed by atoms with E-state index in [-0.39, 0.29) is 17.4 Å². The first kappa shape index (κ1) is 20.4. The van der Waals surface area contributed by atoms with Crippen molar-refractivity contribution in [1.82, 2.24) is 0 Å². The standard InChI is InChI=1S/C22H26O5/c1-3-4-5-21(15-26-14-16(2)22(24)25)27-20-12-8-18(9-13-20)17-6-10-19(23)11-7-17/h6-14,21,23H,3-5,15H2,1-2H3,(H,24,25). The van der Waals surface area contributed by atoms with E-state index in [1.165, 1.54) is 13.2 Å². The third-order valence-corrected chi connectivity index (χ3v) is 4.12. The van der Waals surface area contributed by atoms with Crippen LogP contribution < -0.4 is 4.74 Å². The average Bonchev–Trinajstić information content (AvgIpc) is 2.67. The normalized spacial score (nSPS) is 12.4. The van der Waals surface area contributed by atoms with Crippen molar-refractivity contribution in [2.45, 2.75) is 39.2 Å². The molecule has 2 aromatic carbocycles. The number of carboxylic acids is 1. The molecule has 0 aromatic heterocycles. The van der Waals surface area contributed by atoms with Gasteiger partial charge in [0, 0.05) is 0 Å². The highest BCUT2D eigenvalue weighted by molar-refractivity contribution is 5.85. The van der Waals surface area contributed by atoms with E-state index in [0.717, 1.165) is 36.1 Å². The Bertz CT molecular complexity index is 747. The molecule has 2 N–H and O–H groups in total. The van der Waals surface area contributed by atoms with Crippen molar-refractivity contribution in [3.8, 4) is 22.6 Å². The number of phenolic OH excluding ortho intramolecular Hbond substituents is 1. The number of ether oxygens (including phenoxy) is 2. The zero-order chi connectivity index (χ0) is 19.6. The summed E-state index contributed by atoms with van der Waals surface area (Å²) in [6.45, 7) is 3.90. The van der Waals surface area contributed by atoms with Gasteiger partial charge in [0.05, 0.1) is 11.8 Å². The van der Waals surface area contributed by atoms with Crippen LogP contribution in [-0.2, 0) is 9.53 Å². The fraction of sp³-hybridized carbons (Fsp3) is 0.318. The number of aromatic hydroxyl groups is 1. The molecule has 0 radical (unpaired) electrons. The second-order valence-electron chi connectivity index (χ2n) is 6.39. The maximum atomic E-state index is 10.8. The lowest BCUT2D eigenvalue weighted by Gasteiger charge is -2.19. The van der Waals surface area contributed by atoms with Crippen LogP contribution in [0.15, 0.2) is 60.4 Å². The molecule has 1 atom stereocenters. The predicted octanol–water partition coefficient (Wildman–Crippen LogP) is 5.00. The highest BCUT2D eigenvalue weighted by Gasteiger charge is 2.11. The lowest BCUT2D eigenvalue weighted by molar-refractivity contribution is -0.132. The van der Waals surface area contributed by atoms with E-state index in [0.29, 0.717) is 6.61 Å². The number of hydrogen-bond acceptors (Lipinski definition) is 4. The summed E-state index contributed by atoms with van der Waals surface area (Å²) in [7, 11) is 0. The highest BCUT2D eigenvalue weighted by Crippen LogP contribution is 2.25. The third kappa shape index (κ3) is 6.70. The summed E-state index contributed by atoms with van der Waals surface area (Å²) in [4.78, 5) is 10.8. The molecule has 0 fully saturated rings. The number of rotatable bonds is 10. The van der Waals surface area contributed by atoms with E-state index in [1.807, 2.05) is 36.4 Å². The minimum Gasteiger partial charge on any atom is -0.508 e. The number of benzene rings is 2. The molecule has 2 aromatic rings. The molecule has 1 unspecified atom stereocenters. The molecule has 0 aliphatic rings. The minimum atomic E-state index is -0.995. The topological polar surface area (TPSA) is 76.0 Å². The van der Waals surface area contributed by atoms with Crippen LogP contribution in [-0.4, -0.2) is 28.9 Å². The Morgan fingerprint density at radius 3 is 2.22 bits per heavy atom. The molecule has 144 valence electrons. The van der Waals surface area contributed by atoms with Crippen molar-refractivity contribution in [3.05, 3.63) is 60.4 Å². The Kier molecular flexibility index (Phi) is 7.74. The summed E-state index contributed by atoms with van der Waals surface area (Å²) in [6.07, 6.45) is 3.99. The van der Waals surface area contributed by atoms with E-state index in [4.69, 9.17) is 14.6 Å². The Morgan fingerprint density at radius 1 is 1.07 bits per heavy atom. The Hall–Kier alpha value is -2.95. The molecule has 0 saturated heterocycles. The van der Waals surface area contributed by atoms with Gasteiger partial charge in [-0.25, -0.2) is 4.79 Å². The van der Waals surface area contributed by atoms with Crippen LogP contribution in [0, 0.1) is 0 Å². The second kappa shape index (κ2) is 10.3. The van der Waals surface area contributed by atoms with Crippen LogP contribution in [0.4, 0.5) is 0 Å². The number of phenols is 1. The largest absolute Gasteiger partial charge is 0.508 e.